The summed E-state index contributed by atoms with van der Waals surface area (Å²) in [6.07, 6.45) is 8.31. The molecule has 0 bridgehead atoms. The van der Waals surface area contributed by atoms with Gasteiger partial charge >= 0.3 is 0 Å². The zero-order valence-electron chi connectivity index (χ0n) is 73.2. The summed E-state index contributed by atoms with van der Waals surface area (Å²) in [4.78, 5) is 53.0. The van der Waals surface area contributed by atoms with E-state index in [-0.39, 0.29) is 55.0 Å². The number of aromatic amines is 1. The zero-order valence-corrected chi connectivity index (χ0v) is 72.5. The van der Waals surface area contributed by atoms with Gasteiger partial charge in [-0.2, -0.15) is 4.98 Å². The average molecular weight is 1820 g/mol. The maximum atomic E-state index is 7.32. The Bertz CT molecular complexity index is 5910. The number of rotatable bonds is 19. The van der Waals surface area contributed by atoms with E-state index in [1.165, 1.54) is 24.0 Å². The lowest BCUT2D eigenvalue weighted by Gasteiger charge is -2.09. The van der Waals surface area contributed by atoms with Gasteiger partial charge in [-0.3, -0.25) is 0 Å². The fourth-order valence-corrected chi connectivity index (χ4v) is 13.9. The molecule has 1 fully saturated rings. The molecule has 1 saturated carbocycles. The molecule has 0 saturated heterocycles. The number of nitrogens with zero attached hydrogens (tertiary/aromatic N) is 12. The van der Waals surface area contributed by atoms with Crippen molar-refractivity contribution in [3.8, 4) is 67.7 Å². The first kappa shape index (κ1) is 78.9. The molecule has 7 aromatic carbocycles. The smallest absolute Gasteiger partial charge is 0.222 e. The van der Waals surface area contributed by atoms with Crippen LogP contribution in [0.2, 0.25) is 55.2 Å². The number of nitrogen functional groups attached to an aromatic ring is 6. The largest absolute Gasteiger partial charge is 0.370 e. The van der Waals surface area contributed by atoms with Crippen molar-refractivity contribution in [3.63, 3.8) is 0 Å². The van der Waals surface area contributed by atoms with E-state index in [0.717, 1.165) is 99.6 Å². The van der Waals surface area contributed by atoms with Gasteiger partial charge in [-0.05, 0) is 216 Å². The van der Waals surface area contributed by atoms with Gasteiger partial charge in [-0.25, -0.2) is 54.8 Å². The second kappa shape index (κ2) is 43.9. The molecule has 0 spiro atoms. The fraction of sp³-hybridized carbons (Fsp3) is 0.205. The van der Waals surface area contributed by atoms with Crippen molar-refractivity contribution in [2.75, 3.05) is 46.3 Å². The number of halogens is 11. The van der Waals surface area contributed by atoms with E-state index in [0.29, 0.717) is 119 Å². The van der Waals surface area contributed by atoms with Gasteiger partial charge in [0.05, 0.1) is 85.1 Å². The summed E-state index contributed by atoms with van der Waals surface area (Å²) in [5, 5.41) is 8.23. The molecule has 0 amide bonds. The number of H-pyrrole nitrogens is 1. The van der Waals surface area contributed by atoms with Crippen molar-refractivity contribution in [3.05, 3.63) is 294 Å². The summed E-state index contributed by atoms with van der Waals surface area (Å²) in [7, 11) is 0. The summed E-state index contributed by atoms with van der Waals surface area (Å²) >= 11 is 66.8. The number of hydrogen-bond donors (Lipinski definition) is 8. The number of anilines is 7. The van der Waals surface area contributed by atoms with E-state index in [9.17, 15) is 0 Å². The van der Waals surface area contributed by atoms with Gasteiger partial charge in [0.15, 0.2) is 0 Å². The Kier molecular flexibility index (Phi) is 29.1. The van der Waals surface area contributed by atoms with Gasteiger partial charge < -0.3 is 44.7 Å². The highest BCUT2D eigenvalue weighted by Crippen LogP contribution is 2.41. The van der Waals surface area contributed by atoms with Crippen LogP contribution < -0.4 is 39.7 Å². The Balaban J connectivity index is 0.000000160. The molecule has 0 aliphatic heterocycles. The molecule has 1 aliphatic carbocycles. The van der Waals surface area contributed by atoms with Crippen LogP contribution in [0.4, 0.5) is 41.5 Å². The highest BCUT2D eigenvalue weighted by atomic mass is 35.5. The first-order valence-corrected chi connectivity index (χ1v) is 40.9. The van der Waals surface area contributed by atoms with Crippen molar-refractivity contribution in [2.24, 2.45) is 5.92 Å². The molecular weight excluding hydrogens is 1730 g/mol. The van der Waals surface area contributed by atoms with Gasteiger partial charge in [0.2, 0.25) is 35.7 Å². The minimum Gasteiger partial charge on any atom is -0.370 e. The first-order chi connectivity index (χ1) is 60.5. The van der Waals surface area contributed by atoms with Gasteiger partial charge in [-0.15, -0.1) is 0 Å². The number of hydrogen-bond acceptors (Lipinski definition) is 19. The monoisotopic (exact) mass is 1820 g/mol. The fourth-order valence-electron chi connectivity index (χ4n) is 11.7. The Morgan fingerprint density at radius 3 is 1.25 bits per heavy atom. The molecule has 0 unspecified atom stereocenters. The molecular formula is C88H85Cl11N20. The average Bonchev–Trinajstić information content (AvgIpc) is 1.07. The van der Waals surface area contributed by atoms with Crippen molar-refractivity contribution in [1.82, 2.24) is 64.8 Å². The van der Waals surface area contributed by atoms with Gasteiger partial charge in [0.1, 0.15) is 5.82 Å². The summed E-state index contributed by atoms with van der Waals surface area (Å²) in [5.74, 6) is 2.28. The van der Waals surface area contributed by atoms with E-state index in [2.05, 4.69) is 70.1 Å². The second-order valence-corrected chi connectivity index (χ2v) is 31.1. The lowest BCUT2D eigenvalue weighted by Crippen LogP contribution is -2.08. The van der Waals surface area contributed by atoms with Crippen LogP contribution in [0.25, 0.3) is 67.7 Å². The predicted octanol–water partition coefficient (Wildman–Crippen LogP) is 24.3. The quantitative estimate of drug-likeness (QED) is 0.0349. The standard InChI is InChI=1S/C19H15Cl4N3.C16H16ClN5.C14H12Cl3N3.C14H17N3.C13H14ClN3.C12H11Cl2N3/c20-12-6-4-11(5-7-12)2-1-3-13-10-16(26-19(24)25-13)14-8-9-15(21)18(23)17(14)22;17-12-5-3-11(4-6-12)7-9-20-15-10-14(21-16(18)22-15)13-2-1-8-19-13;15-10-4-3-9(12(16)13(10)17)11-6-8(5-7-1-2-7)19-14(18)20-11;1-4-11-8-13(17-14(15)16-11)12-7-5-6-9(2)10(12)3;1-3-9-7-11(17-13(15)16-9)10-6-4-5-8(2)12(10)14;1-2-7-6-10(17-12(15)16-7)8-4-3-5-9(13)11(8)14/h4-10H,1-3H2,(H2,24,25,26);1-6,8,10,19H,7,9H2,(H3,18,20,21,22);3-4,6-7H,1-2,5H2,(H2,18,19,20);5-8H,4H2,1-3H3,(H2,15,16,17);4-7H,3H2,1-2H3,(H2,15,16,17);3-6H,2H2,1H3,(H2,15,16,17)/i;;;3*1D3. The van der Waals surface area contributed by atoms with Crippen LogP contribution in [-0.4, -0.2) is 71.3 Å². The minimum atomic E-state index is -2.13. The zero-order chi connectivity index (χ0) is 93.1. The molecule has 14 N–H and O–H groups in total. The van der Waals surface area contributed by atoms with Crippen molar-refractivity contribution < 1.29 is 12.3 Å². The summed E-state index contributed by atoms with van der Waals surface area (Å²) in [6, 6.07) is 53.6. The molecule has 20 nitrogen and oxygen atoms in total. The third kappa shape index (κ3) is 26.5. The van der Waals surface area contributed by atoms with E-state index in [4.69, 9.17) is 174 Å². The third-order valence-electron chi connectivity index (χ3n) is 18.0. The molecule has 31 heteroatoms. The minimum absolute atomic E-state index is 0.00204. The topological polar surface area (TPSA) is 339 Å². The van der Waals surface area contributed by atoms with Gasteiger partial charge in [0, 0.05) is 97.5 Å². The lowest BCUT2D eigenvalue weighted by atomic mass is 10.0. The van der Waals surface area contributed by atoms with Gasteiger partial charge in [0.25, 0.3) is 0 Å². The summed E-state index contributed by atoms with van der Waals surface area (Å²) in [5.41, 5.74) is 51.2. The summed E-state index contributed by atoms with van der Waals surface area (Å²) in [6.45, 7) is 0.367. The van der Waals surface area contributed by atoms with Crippen LogP contribution in [0.5, 0.6) is 0 Å². The first-order valence-electron chi connectivity index (χ1n) is 41.2. The SMILES string of the molecule is Nc1nc(CC2CC2)cc(-c2ccc(Cl)c(Cl)c2Cl)n1.Nc1nc(CCCc2ccc(Cl)cc2)cc(-c2ccc(Cl)c(Cl)c2Cl)n1.Nc1nc(NCCc2ccc(Cl)cc2)cc(-c2ccc[nH]2)n1.[2H]C([2H])([2H])Cc1cc(-c2cccc(C)c2C)nc(N)n1.[2H]C([2H])([2H])Cc1cc(-c2cccc(C)c2Cl)nc(N)n1.[2H]C([2H])([2H])Cc1cc(-c2cccc(Cl)c2Cl)nc(N)n1. The van der Waals surface area contributed by atoms with E-state index in [1.807, 2.05) is 142 Å². The Morgan fingerprint density at radius 1 is 0.361 bits per heavy atom. The van der Waals surface area contributed by atoms with Crippen LogP contribution in [0, 0.1) is 26.7 Å². The molecule has 614 valence electrons. The number of nitrogens with two attached hydrogens (primary N) is 6. The van der Waals surface area contributed by atoms with Crippen molar-refractivity contribution >= 4 is 169 Å². The van der Waals surface area contributed by atoms with Crippen LogP contribution >= 0.6 is 128 Å². The molecule has 7 aromatic heterocycles. The highest BCUT2D eigenvalue weighted by Gasteiger charge is 2.24. The maximum absolute atomic E-state index is 7.32. The molecule has 0 radical (unpaired) electrons. The molecule has 14 aromatic rings. The third-order valence-corrected chi connectivity index (χ3v) is 22.4. The number of aromatic nitrogens is 13. The van der Waals surface area contributed by atoms with Crippen molar-refractivity contribution in [2.45, 2.75) is 106 Å². The Morgan fingerprint density at radius 2 is 0.765 bits per heavy atom. The Hall–Kier alpha value is -9.91. The van der Waals surface area contributed by atoms with Crippen LogP contribution in [0.3, 0.4) is 0 Å². The van der Waals surface area contributed by atoms with Crippen molar-refractivity contribution in [1.29, 1.82) is 0 Å². The van der Waals surface area contributed by atoms with Crippen LogP contribution in [-0.2, 0) is 44.9 Å². The normalized spacial score (nSPS) is 12.7. The number of nitrogens with one attached hydrogen (secondary N) is 2. The van der Waals surface area contributed by atoms with Crippen LogP contribution in [0.15, 0.2) is 182 Å². The number of aryl methyl sites for hydroxylation is 7. The van der Waals surface area contributed by atoms with Gasteiger partial charge in [-0.1, -0.05) is 221 Å². The maximum Gasteiger partial charge on any atom is 0.222 e. The van der Waals surface area contributed by atoms with Crippen LogP contribution in [0.1, 0.15) is 108 Å². The highest BCUT2D eigenvalue weighted by molar-refractivity contribution is 6.50. The second-order valence-electron chi connectivity index (χ2n) is 26.8. The lowest BCUT2D eigenvalue weighted by molar-refractivity contribution is 0.797. The molecule has 119 heavy (non-hydrogen) atoms. The molecule has 1 aliphatic rings. The number of benzene rings is 7. The molecule has 0 atom stereocenters. The van der Waals surface area contributed by atoms with E-state index in [1.54, 1.807) is 60.7 Å². The Labute approximate surface area is 759 Å². The van der Waals surface area contributed by atoms with E-state index < -0.39 is 20.6 Å². The van der Waals surface area contributed by atoms with E-state index >= 15 is 0 Å². The summed E-state index contributed by atoms with van der Waals surface area (Å²) < 4.78 is 65.7. The predicted molar refractivity (Wildman–Crippen MR) is 497 cm³/mol. The molecule has 7 heterocycles. The molecule has 15 rings (SSSR count).